The van der Waals surface area contributed by atoms with Crippen molar-refractivity contribution in [3.05, 3.63) is 21.2 Å². The first kappa shape index (κ1) is 14.4. The van der Waals surface area contributed by atoms with E-state index in [1.165, 1.54) is 0 Å². The second kappa shape index (κ2) is 6.35. The fourth-order valence-corrected chi connectivity index (χ4v) is 2.38. The standard InChI is InChI=1S/C11H15Br2N3O/c1-4-16(3)11(17)7(2)15-10-9(13)5-8(12)6-14-10/h5-7H,4H2,1-3H3,(H,14,15). The molecule has 1 amide bonds. The van der Waals surface area contributed by atoms with E-state index in [1.807, 2.05) is 19.9 Å². The molecule has 0 aliphatic carbocycles. The Kier molecular flexibility index (Phi) is 5.39. The highest BCUT2D eigenvalue weighted by Gasteiger charge is 2.17. The van der Waals surface area contributed by atoms with Crippen molar-refractivity contribution in [3.63, 3.8) is 0 Å². The number of amides is 1. The van der Waals surface area contributed by atoms with Gasteiger partial charge in [0.05, 0.1) is 4.47 Å². The molecule has 94 valence electrons. The maximum absolute atomic E-state index is 11.9. The first-order valence-corrected chi connectivity index (χ1v) is 6.86. The summed E-state index contributed by atoms with van der Waals surface area (Å²) in [4.78, 5) is 17.7. The molecule has 0 saturated carbocycles. The van der Waals surface area contributed by atoms with Crippen molar-refractivity contribution in [2.45, 2.75) is 19.9 Å². The van der Waals surface area contributed by atoms with Crippen LogP contribution in [0, 0.1) is 0 Å². The molecule has 1 heterocycles. The zero-order valence-corrected chi connectivity index (χ0v) is 13.2. The molecule has 1 aromatic rings. The zero-order chi connectivity index (χ0) is 13.0. The number of likely N-dealkylation sites (N-methyl/N-ethyl adjacent to an activating group) is 1. The van der Waals surface area contributed by atoms with Gasteiger partial charge in [0, 0.05) is 24.3 Å². The van der Waals surface area contributed by atoms with E-state index < -0.39 is 0 Å². The van der Waals surface area contributed by atoms with Crippen molar-refractivity contribution in [1.29, 1.82) is 0 Å². The quantitative estimate of drug-likeness (QED) is 0.893. The summed E-state index contributed by atoms with van der Waals surface area (Å²) in [5, 5.41) is 3.08. The van der Waals surface area contributed by atoms with Gasteiger partial charge in [-0.15, -0.1) is 0 Å². The van der Waals surface area contributed by atoms with E-state index in [-0.39, 0.29) is 11.9 Å². The third-order valence-electron chi connectivity index (χ3n) is 2.38. The van der Waals surface area contributed by atoms with Crippen molar-refractivity contribution in [2.75, 3.05) is 18.9 Å². The summed E-state index contributed by atoms with van der Waals surface area (Å²) in [7, 11) is 1.78. The SMILES string of the molecule is CCN(C)C(=O)C(C)Nc1ncc(Br)cc1Br. The molecule has 0 saturated heterocycles. The van der Waals surface area contributed by atoms with E-state index in [4.69, 9.17) is 0 Å². The topological polar surface area (TPSA) is 45.2 Å². The van der Waals surface area contributed by atoms with E-state index in [0.717, 1.165) is 8.95 Å². The second-order valence-electron chi connectivity index (χ2n) is 3.70. The molecular formula is C11H15Br2N3O. The van der Waals surface area contributed by atoms with E-state index in [2.05, 4.69) is 42.2 Å². The van der Waals surface area contributed by atoms with Gasteiger partial charge in [0.15, 0.2) is 0 Å². The summed E-state index contributed by atoms with van der Waals surface area (Å²) in [6.07, 6.45) is 1.69. The number of hydrogen-bond acceptors (Lipinski definition) is 3. The summed E-state index contributed by atoms with van der Waals surface area (Å²) in [6.45, 7) is 4.46. The predicted octanol–water partition coefficient (Wildman–Crippen LogP) is 2.89. The van der Waals surface area contributed by atoms with Crippen molar-refractivity contribution >= 4 is 43.6 Å². The Morgan fingerprint density at radius 2 is 2.24 bits per heavy atom. The van der Waals surface area contributed by atoms with E-state index in [9.17, 15) is 4.79 Å². The third-order valence-corrected chi connectivity index (χ3v) is 3.42. The molecule has 1 unspecified atom stereocenters. The molecule has 1 atom stereocenters. The van der Waals surface area contributed by atoms with Crippen LogP contribution in [0.1, 0.15) is 13.8 Å². The highest BCUT2D eigenvalue weighted by molar-refractivity contribution is 9.11. The van der Waals surface area contributed by atoms with Gasteiger partial charge in [-0.05, 0) is 51.8 Å². The Labute approximate surface area is 118 Å². The number of nitrogens with zero attached hydrogens (tertiary/aromatic N) is 2. The van der Waals surface area contributed by atoms with Crippen LogP contribution in [0.15, 0.2) is 21.2 Å². The molecule has 0 radical (unpaired) electrons. The lowest BCUT2D eigenvalue weighted by Gasteiger charge is -2.21. The number of rotatable bonds is 4. The molecule has 1 rings (SSSR count). The lowest BCUT2D eigenvalue weighted by molar-refractivity contribution is -0.130. The van der Waals surface area contributed by atoms with Gasteiger partial charge in [0.25, 0.3) is 0 Å². The summed E-state index contributed by atoms with van der Waals surface area (Å²) in [6, 6.07) is 1.58. The first-order valence-electron chi connectivity index (χ1n) is 5.28. The summed E-state index contributed by atoms with van der Waals surface area (Å²) in [5.74, 6) is 0.711. The van der Waals surface area contributed by atoms with Crippen LogP contribution >= 0.6 is 31.9 Å². The van der Waals surface area contributed by atoms with Crippen LogP contribution in [-0.2, 0) is 4.79 Å². The molecular weight excluding hydrogens is 350 g/mol. The number of carbonyl (C=O) groups is 1. The summed E-state index contributed by atoms with van der Waals surface area (Å²) >= 11 is 6.73. The van der Waals surface area contributed by atoms with Crippen molar-refractivity contribution in [1.82, 2.24) is 9.88 Å². The fraction of sp³-hybridized carbons (Fsp3) is 0.455. The lowest BCUT2D eigenvalue weighted by Crippen LogP contribution is -2.39. The number of pyridine rings is 1. The van der Waals surface area contributed by atoms with Gasteiger partial charge in [0.1, 0.15) is 11.9 Å². The van der Waals surface area contributed by atoms with Crippen molar-refractivity contribution in [3.8, 4) is 0 Å². The third kappa shape index (κ3) is 3.96. The van der Waals surface area contributed by atoms with Crippen molar-refractivity contribution in [2.24, 2.45) is 0 Å². The van der Waals surface area contributed by atoms with Crippen LogP contribution in [0.25, 0.3) is 0 Å². The van der Waals surface area contributed by atoms with Gasteiger partial charge in [0.2, 0.25) is 5.91 Å². The van der Waals surface area contributed by atoms with Crippen LogP contribution in [0.5, 0.6) is 0 Å². The van der Waals surface area contributed by atoms with Crippen LogP contribution in [-0.4, -0.2) is 35.4 Å². The number of hydrogen-bond donors (Lipinski definition) is 1. The Hall–Kier alpha value is -0.620. The lowest BCUT2D eigenvalue weighted by atomic mass is 10.3. The molecule has 0 aromatic carbocycles. The van der Waals surface area contributed by atoms with Crippen LogP contribution in [0.2, 0.25) is 0 Å². The average Bonchev–Trinajstić information content (AvgIpc) is 2.30. The molecule has 1 aromatic heterocycles. The van der Waals surface area contributed by atoms with Gasteiger partial charge in [-0.1, -0.05) is 0 Å². The Morgan fingerprint density at radius 3 is 2.76 bits per heavy atom. The minimum Gasteiger partial charge on any atom is -0.358 e. The fourth-order valence-electron chi connectivity index (χ4n) is 1.27. The van der Waals surface area contributed by atoms with Gasteiger partial charge in [-0.2, -0.15) is 0 Å². The van der Waals surface area contributed by atoms with Gasteiger partial charge in [-0.25, -0.2) is 4.98 Å². The molecule has 0 spiro atoms. The van der Waals surface area contributed by atoms with Gasteiger partial charge < -0.3 is 10.2 Å². The Morgan fingerprint density at radius 1 is 1.59 bits per heavy atom. The molecule has 6 heteroatoms. The average molecular weight is 365 g/mol. The number of anilines is 1. The monoisotopic (exact) mass is 363 g/mol. The van der Waals surface area contributed by atoms with Gasteiger partial charge >= 0.3 is 0 Å². The highest BCUT2D eigenvalue weighted by Crippen LogP contribution is 2.24. The number of carbonyl (C=O) groups excluding carboxylic acids is 1. The number of halogens is 2. The second-order valence-corrected chi connectivity index (χ2v) is 5.47. The summed E-state index contributed by atoms with van der Waals surface area (Å²) in [5.41, 5.74) is 0. The maximum Gasteiger partial charge on any atom is 0.244 e. The largest absolute Gasteiger partial charge is 0.358 e. The minimum absolute atomic E-state index is 0.0455. The Balaban J connectivity index is 2.74. The highest BCUT2D eigenvalue weighted by atomic mass is 79.9. The molecule has 0 fully saturated rings. The number of aromatic nitrogens is 1. The number of nitrogens with one attached hydrogen (secondary N) is 1. The molecule has 0 aliphatic heterocycles. The minimum atomic E-state index is -0.301. The van der Waals surface area contributed by atoms with Gasteiger partial charge in [-0.3, -0.25) is 4.79 Å². The normalized spacial score (nSPS) is 12.1. The van der Waals surface area contributed by atoms with Crippen LogP contribution in [0.4, 0.5) is 5.82 Å². The molecule has 0 aliphatic rings. The smallest absolute Gasteiger partial charge is 0.244 e. The molecule has 0 bridgehead atoms. The molecule has 1 N–H and O–H groups in total. The van der Waals surface area contributed by atoms with Crippen LogP contribution < -0.4 is 5.32 Å². The first-order chi connectivity index (χ1) is 7.95. The van der Waals surface area contributed by atoms with E-state index in [1.54, 1.807) is 18.1 Å². The predicted molar refractivity (Wildman–Crippen MR) is 76.0 cm³/mol. The zero-order valence-electron chi connectivity index (χ0n) is 10.00. The Bertz CT molecular complexity index is 412. The maximum atomic E-state index is 11.9. The summed E-state index contributed by atoms with van der Waals surface area (Å²) < 4.78 is 1.71. The van der Waals surface area contributed by atoms with Crippen LogP contribution in [0.3, 0.4) is 0 Å². The van der Waals surface area contributed by atoms with E-state index >= 15 is 0 Å². The molecule has 17 heavy (non-hydrogen) atoms. The molecule has 4 nitrogen and oxygen atoms in total. The van der Waals surface area contributed by atoms with E-state index in [0.29, 0.717) is 12.4 Å². The van der Waals surface area contributed by atoms with Crippen molar-refractivity contribution < 1.29 is 4.79 Å².